The van der Waals surface area contributed by atoms with Crippen LogP contribution in [0.3, 0.4) is 0 Å². The number of carbonyl (C=O) groups excluding carboxylic acids is 1. The lowest BCUT2D eigenvalue weighted by molar-refractivity contribution is -0.112. The average molecular weight is 445 g/mol. The zero-order valence-corrected chi connectivity index (χ0v) is 18.0. The molecule has 0 atom stereocenters. The molecule has 0 heterocycles. The fourth-order valence-corrected chi connectivity index (χ4v) is 3.47. The Morgan fingerprint density at radius 1 is 1.03 bits per heavy atom. The van der Waals surface area contributed by atoms with Crippen LogP contribution in [0.15, 0.2) is 76.8 Å². The number of hydrogen-bond donors (Lipinski definition) is 1. The summed E-state index contributed by atoms with van der Waals surface area (Å²) in [7, 11) is 0. The molecule has 0 spiro atoms. The summed E-state index contributed by atoms with van der Waals surface area (Å²) in [6.45, 7) is 3.89. The summed E-state index contributed by atoms with van der Waals surface area (Å²) in [5.41, 5.74) is 5.85. The standard InChI is InChI=1S/C25H21BrN2O/c1-17-11-12-18(2)24(13-17)28-25(29)22(16-27)15-20-8-4-3-7-19(20)14-21-9-5-6-10-23(21)26/h3-13,15H,14H2,1-2H3,(H,28,29)/b22-15+. The largest absolute Gasteiger partial charge is 0.321 e. The number of halogens is 1. The Balaban J connectivity index is 1.89. The van der Waals surface area contributed by atoms with Crippen molar-refractivity contribution in [3.8, 4) is 6.07 Å². The van der Waals surface area contributed by atoms with Gasteiger partial charge in [0.1, 0.15) is 11.6 Å². The molecule has 0 aliphatic rings. The molecule has 3 aromatic carbocycles. The maximum absolute atomic E-state index is 12.7. The van der Waals surface area contributed by atoms with Crippen molar-refractivity contribution >= 4 is 33.6 Å². The highest BCUT2D eigenvalue weighted by Gasteiger charge is 2.13. The lowest BCUT2D eigenvalue weighted by Crippen LogP contribution is -2.14. The normalized spacial score (nSPS) is 11.0. The van der Waals surface area contributed by atoms with E-state index in [-0.39, 0.29) is 5.57 Å². The Morgan fingerprint density at radius 3 is 2.45 bits per heavy atom. The molecule has 0 aliphatic carbocycles. The van der Waals surface area contributed by atoms with E-state index in [1.54, 1.807) is 6.08 Å². The van der Waals surface area contributed by atoms with Crippen LogP contribution in [0.25, 0.3) is 6.08 Å². The molecule has 144 valence electrons. The van der Waals surface area contributed by atoms with Gasteiger partial charge in [-0.25, -0.2) is 0 Å². The molecule has 3 rings (SSSR count). The zero-order valence-electron chi connectivity index (χ0n) is 16.4. The van der Waals surface area contributed by atoms with Crippen LogP contribution in [0.1, 0.15) is 27.8 Å². The van der Waals surface area contributed by atoms with E-state index in [4.69, 9.17) is 0 Å². The van der Waals surface area contributed by atoms with Gasteiger partial charge in [0.15, 0.2) is 0 Å². The van der Waals surface area contributed by atoms with E-state index in [9.17, 15) is 10.1 Å². The second-order valence-corrected chi connectivity index (χ2v) is 7.76. The van der Waals surface area contributed by atoms with Crippen molar-refractivity contribution in [2.45, 2.75) is 20.3 Å². The number of anilines is 1. The van der Waals surface area contributed by atoms with Crippen molar-refractivity contribution in [3.05, 3.63) is 105 Å². The number of rotatable bonds is 5. The van der Waals surface area contributed by atoms with E-state index in [2.05, 4.69) is 27.3 Å². The number of aryl methyl sites for hydroxylation is 2. The predicted molar refractivity (Wildman–Crippen MR) is 122 cm³/mol. The summed E-state index contributed by atoms with van der Waals surface area (Å²) in [5, 5.41) is 12.5. The molecule has 1 N–H and O–H groups in total. The molecule has 1 amide bonds. The van der Waals surface area contributed by atoms with E-state index in [0.29, 0.717) is 6.42 Å². The number of nitriles is 1. The second kappa shape index (κ2) is 9.36. The van der Waals surface area contributed by atoms with Crippen LogP contribution in [-0.2, 0) is 11.2 Å². The molecule has 4 heteroatoms. The smallest absolute Gasteiger partial charge is 0.266 e. The first-order valence-electron chi connectivity index (χ1n) is 9.29. The Bertz CT molecular complexity index is 1130. The van der Waals surface area contributed by atoms with E-state index in [1.807, 2.05) is 80.6 Å². The van der Waals surface area contributed by atoms with Gasteiger partial charge in [0, 0.05) is 10.2 Å². The number of benzene rings is 3. The summed E-state index contributed by atoms with van der Waals surface area (Å²) in [6, 6.07) is 23.7. The van der Waals surface area contributed by atoms with Crippen LogP contribution >= 0.6 is 15.9 Å². The van der Waals surface area contributed by atoms with Crippen LogP contribution < -0.4 is 5.32 Å². The first-order chi connectivity index (χ1) is 14.0. The molecular formula is C25H21BrN2O. The Hall–Kier alpha value is -3.16. The van der Waals surface area contributed by atoms with Crippen molar-refractivity contribution in [3.63, 3.8) is 0 Å². The van der Waals surface area contributed by atoms with Crippen molar-refractivity contribution in [2.75, 3.05) is 5.32 Å². The first-order valence-corrected chi connectivity index (χ1v) is 10.1. The van der Waals surface area contributed by atoms with Gasteiger partial charge in [-0.05, 0) is 66.3 Å². The van der Waals surface area contributed by atoms with Gasteiger partial charge in [-0.15, -0.1) is 0 Å². The third-order valence-corrected chi connectivity index (χ3v) is 5.47. The highest BCUT2D eigenvalue weighted by molar-refractivity contribution is 9.10. The number of nitrogens with zero attached hydrogens (tertiary/aromatic N) is 1. The molecule has 0 unspecified atom stereocenters. The van der Waals surface area contributed by atoms with Gasteiger partial charge >= 0.3 is 0 Å². The first kappa shape index (κ1) is 20.6. The average Bonchev–Trinajstić information content (AvgIpc) is 2.71. The zero-order chi connectivity index (χ0) is 20.8. The minimum absolute atomic E-state index is 0.0745. The molecule has 0 radical (unpaired) electrons. The van der Waals surface area contributed by atoms with Gasteiger partial charge in [-0.1, -0.05) is 70.5 Å². The summed E-state index contributed by atoms with van der Waals surface area (Å²) in [4.78, 5) is 12.7. The fourth-order valence-electron chi connectivity index (χ4n) is 3.05. The summed E-state index contributed by atoms with van der Waals surface area (Å²) < 4.78 is 1.03. The van der Waals surface area contributed by atoms with Crippen LogP contribution in [0, 0.1) is 25.2 Å². The van der Waals surface area contributed by atoms with Crippen LogP contribution in [0.5, 0.6) is 0 Å². The van der Waals surface area contributed by atoms with E-state index in [1.165, 1.54) is 0 Å². The molecular weight excluding hydrogens is 424 g/mol. The Morgan fingerprint density at radius 2 is 1.72 bits per heavy atom. The number of hydrogen-bond acceptors (Lipinski definition) is 2. The summed E-state index contributed by atoms with van der Waals surface area (Å²) in [6.07, 6.45) is 2.36. The van der Waals surface area contributed by atoms with E-state index < -0.39 is 5.91 Å². The molecule has 29 heavy (non-hydrogen) atoms. The lowest BCUT2D eigenvalue weighted by atomic mass is 9.98. The molecule has 0 fully saturated rings. The number of amides is 1. The molecule has 0 bridgehead atoms. The highest BCUT2D eigenvalue weighted by Crippen LogP contribution is 2.23. The predicted octanol–water partition coefficient (Wildman–Crippen LogP) is 6.20. The highest BCUT2D eigenvalue weighted by atomic mass is 79.9. The molecule has 0 saturated carbocycles. The topological polar surface area (TPSA) is 52.9 Å². The van der Waals surface area contributed by atoms with Crippen molar-refractivity contribution < 1.29 is 4.79 Å². The number of carbonyl (C=O) groups is 1. The van der Waals surface area contributed by atoms with Crippen LogP contribution in [0.4, 0.5) is 5.69 Å². The van der Waals surface area contributed by atoms with Crippen molar-refractivity contribution in [1.29, 1.82) is 5.26 Å². The molecule has 3 aromatic rings. The molecule has 3 nitrogen and oxygen atoms in total. The van der Waals surface area contributed by atoms with E-state index >= 15 is 0 Å². The summed E-state index contributed by atoms with van der Waals surface area (Å²) in [5.74, 6) is -0.406. The van der Waals surface area contributed by atoms with Gasteiger partial charge in [0.05, 0.1) is 0 Å². The molecule has 0 aliphatic heterocycles. The third kappa shape index (κ3) is 5.22. The van der Waals surface area contributed by atoms with Gasteiger partial charge in [-0.2, -0.15) is 5.26 Å². The quantitative estimate of drug-likeness (QED) is 0.375. The van der Waals surface area contributed by atoms with Crippen LogP contribution in [0.2, 0.25) is 0 Å². The van der Waals surface area contributed by atoms with Gasteiger partial charge in [0.2, 0.25) is 0 Å². The minimum atomic E-state index is -0.406. The SMILES string of the molecule is Cc1ccc(C)c(NC(=O)/C(C#N)=C/c2ccccc2Cc2ccccc2Br)c1. The van der Waals surface area contributed by atoms with Crippen molar-refractivity contribution in [1.82, 2.24) is 0 Å². The Labute approximate surface area is 179 Å². The Kier molecular flexibility index (Phi) is 6.64. The lowest BCUT2D eigenvalue weighted by Gasteiger charge is -2.10. The summed E-state index contributed by atoms with van der Waals surface area (Å²) >= 11 is 3.58. The molecule has 0 saturated heterocycles. The van der Waals surface area contributed by atoms with Crippen LogP contribution in [-0.4, -0.2) is 5.91 Å². The molecule has 0 aromatic heterocycles. The second-order valence-electron chi connectivity index (χ2n) is 6.91. The van der Waals surface area contributed by atoms with Gasteiger partial charge in [0.25, 0.3) is 5.91 Å². The fraction of sp³-hybridized carbons (Fsp3) is 0.120. The third-order valence-electron chi connectivity index (χ3n) is 4.70. The monoisotopic (exact) mass is 444 g/mol. The minimum Gasteiger partial charge on any atom is -0.321 e. The van der Waals surface area contributed by atoms with Crippen molar-refractivity contribution in [2.24, 2.45) is 0 Å². The van der Waals surface area contributed by atoms with Gasteiger partial charge in [-0.3, -0.25) is 4.79 Å². The van der Waals surface area contributed by atoms with E-state index in [0.717, 1.165) is 38.0 Å². The van der Waals surface area contributed by atoms with Gasteiger partial charge < -0.3 is 5.32 Å². The maximum atomic E-state index is 12.7. The maximum Gasteiger partial charge on any atom is 0.266 e. The number of nitrogens with one attached hydrogen (secondary N) is 1.